The minimum Gasteiger partial charge on any atom is -0.492 e. The van der Waals surface area contributed by atoms with Crippen LogP contribution in [0.1, 0.15) is 11.4 Å². The normalized spacial score (nSPS) is 10.8. The Bertz CT molecular complexity index is 523. The van der Waals surface area contributed by atoms with Crippen LogP contribution < -0.4 is 10.1 Å². The van der Waals surface area contributed by atoms with Crippen molar-refractivity contribution in [3.05, 3.63) is 48.0 Å². The van der Waals surface area contributed by atoms with Crippen LogP contribution in [0.15, 0.2) is 36.7 Å². The summed E-state index contributed by atoms with van der Waals surface area (Å²) in [7, 11) is 1.71. The summed E-state index contributed by atoms with van der Waals surface area (Å²) >= 11 is 0. The first-order valence-electron chi connectivity index (χ1n) is 7.18. The van der Waals surface area contributed by atoms with Gasteiger partial charge in [0, 0.05) is 32.6 Å². The van der Waals surface area contributed by atoms with Crippen LogP contribution in [0.3, 0.4) is 0 Å². The predicted octanol–water partition coefficient (Wildman–Crippen LogP) is 2.01. The van der Waals surface area contributed by atoms with Gasteiger partial charge >= 0.3 is 0 Å². The van der Waals surface area contributed by atoms with Gasteiger partial charge in [-0.25, -0.2) is 4.98 Å². The number of aryl methyl sites for hydroxylation is 1. The van der Waals surface area contributed by atoms with E-state index in [2.05, 4.69) is 27.0 Å². The Kier molecular flexibility index (Phi) is 6.24. The van der Waals surface area contributed by atoms with E-state index in [1.807, 2.05) is 25.3 Å². The highest BCUT2D eigenvalue weighted by Gasteiger charge is 1.98. The molecular weight excluding hydrogens is 266 g/mol. The highest BCUT2D eigenvalue weighted by atomic mass is 16.5. The first-order valence-corrected chi connectivity index (χ1v) is 7.18. The van der Waals surface area contributed by atoms with Crippen LogP contribution in [-0.2, 0) is 17.8 Å². The third-order valence-corrected chi connectivity index (χ3v) is 3.26. The lowest BCUT2D eigenvalue weighted by Crippen LogP contribution is -2.18. The van der Waals surface area contributed by atoms with E-state index in [0.717, 1.165) is 37.8 Å². The summed E-state index contributed by atoms with van der Waals surface area (Å²) in [6.07, 6.45) is 3.77. The van der Waals surface area contributed by atoms with E-state index in [0.29, 0.717) is 6.61 Å². The third-order valence-electron chi connectivity index (χ3n) is 3.26. The molecule has 114 valence electrons. The van der Waals surface area contributed by atoms with E-state index in [4.69, 9.17) is 9.47 Å². The SMILES string of the molecule is COCCNCc1ccc(OCCn2ccnc2C)cc1. The summed E-state index contributed by atoms with van der Waals surface area (Å²) in [6.45, 7) is 5.88. The molecule has 21 heavy (non-hydrogen) atoms. The van der Waals surface area contributed by atoms with Crippen molar-refractivity contribution in [2.75, 3.05) is 26.9 Å². The number of nitrogens with zero attached hydrogens (tertiary/aromatic N) is 2. The first kappa shape index (κ1) is 15.5. The average molecular weight is 289 g/mol. The average Bonchev–Trinajstić information content (AvgIpc) is 2.91. The predicted molar refractivity (Wildman–Crippen MR) is 82.5 cm³/mol. The van der Waals surface area contributed by atoms with E-state index in [-0.39, 0.29) is 0 Å². The molecule has 0 saturated carbocycles. The van der Waals surface area contributed by atoms with Gasteiger partial charge in [0.25, 0.3) is 0 Å². The molecule has 5 nitrogen and oxygen atoms in total. The van der Waals surface area contributed by atoms with Gasteiger partial charge in [-0.3, -0.25) is 0 Å². The van der Waals surface area contributed by atoms with Gasteiger partial charge in [-0.2, -0.15) is 0 Å². The molecule has 0 fully saturated rings. The zero-order valence-corrected chi connectivity index (χ0v) is 12.7. The van der Waals surface area contributed by atoms with Crippen LogP contribution in [0, 0.1) is 6.92 Å². The van der Waals surface area contributed by atoms with E-state index in [9.17, 15) is 0 Å². The zero-order valence-electron chi connectivity index (χ0n) is 12.7. The number of imidazole rings is 1. The number of aromatic nitrogens is 2. The maximum absolute atomic E-state index is 5.74. The van der Waals surface area contributed by atoms with Gasteiger partial charge in [0.2, 0.25) is 0 Å². The number of benzene rings is 1. The molecule has 5 heteroatoms. The Morgan fingerprint density at radius 2 is 2.00 bits per heavy atom. The molecule has 0 spiro atoms. The second kappa shape index (κ2) is 8.44. The van der Waals surface area contributed by atoms with Crippen LogP contribution >= 0.6 is 0 Å². The summed E-state index contributed by atoms with van der Waals surface area (Å²) in [6, 6.07) is 8.18. The van der Waals surface area contributed by atoms with Crippen LogP contribution in [0.5, 0.6) is 5.75 Å². The maximum Gasteiger partial charge on any atom is 0.119 e. The molecule has 2 aromatic rings. The van der Waals surface area contributed by atoms with Gasteiger partial charge in [-0.05, 0) is 24.6 Å². The summed E-state index contributed by atoms with van der Waals surface area (Å²) < 4.78 is 12.8. The number of hydrogen-bond acceptors (Lipinski definition) is 4. The van der Waals surface area contributed by atoms with E-state index in [1.54, 1.807) is 13.3 Å². The number of hydrogen-bond donors (Lipinski definition) is 1. The molecule has 0 atom stereocenters. The van der Waals surface area contributed by atoms with E-state index < -0.39 is 0 Å². The molecule has 1 heterocycles. The van der Waals surface area contributed by atoms with Crippen molar-refractivity contribution in [3.63, 3.8) is 0 Å². The lowest BCUT2D eigenvalue weighted by atomic mass is 10.2. The molecule has 0 bridgehead atoms. The molecule has 0 unspecified atom stereocenters. The molecule has 0 aliphatic carbocycles. The Hall–Kier alpha value is -1.85. The second-order valence-electron chi connectivity index (χ2n) is 4.83. The minimum atomic E-state index is 0.642. The van der Waals surface area contributed by atoms with Crippen molar-refractivity contribution in [1.29, 1.82) is 0 Å². The van der Waals surface area contributed by atoms with Gasteiger partial charge in [0.1, 0.15) is 18.2 Å². The molecule has 1 N–H and O–H groups in total. The molecule has 2 rings (SSSR count). The van der Waals surface area contributed by atoms with Crippen molar-refractivity contribution in [1.82, 2.24) is 14.9 Å². The highest BCUT2D eigenvalue weighted by Crippen LogP contribution is 2.12. The lowest BCUT2D eigenvalue weighted by molar-refractivity contribution is 0.199. The minimum absolute atomic E-state index is 0.642. The second-order valence-corrected chi connectivity index (χ2v) is 4.83. The fourth-order valence-electron chi connectivity index (χ4n) is 2.01. The van der Waals surface area contributed by atoms with Crippen LogP contribution in [0.2, 0.25) is 0 Å². The van der Waals surface area contributed by atoms with Crippen molar-refractivity contribution in [2.24, 2.45) is 0 Å². The fraction of sp³-hybridized carbons (Fsp3) is 0.438. The van der Waals surface area contributed by atoms with Crippen molar-refractivity contribution < 1.29 is 9.47 Å². The van der Waals surface area contributed by atoms with Crippen LogP contribution in [0.4, 0.5) is 0 Å². The first-order chi connectivity index (χ1) is 10.3. The number of methoxy groups -OCH3 is 1. The zero-order chi connectivity index (χ0) is 14.9. The Balaban J connectivity index is 1.71. The van der Waals surface area contributed by atoms with Gasteiger partial charge in [0.05, 0.1) is 13.2 Å². The molecular formula is C16H23N3O2. The van der Waals surface area contributed by atoms with Crippen LogP contribution in [-0.4, -0.2) is 36.4 Å². The monoisotopic (exact) mass is 289 g/mol. The van der Waals surface area contributed by atoms with Gasteiger partial charge in [0.15, 0.2) is 0 Å². The summed E-state index contributed by atoms with van der Waals surface area (Å²) in [5.74, 6) is 1.91. The largest absolute Gasteiger partial charge is 0.492 e. The Morgan fingerprint density at radius 3 is 2.67 bits per heavy atom. The summed E-state index contributed by atoms with van der Waals surface area (Å²) in [4.78, 5) is 4.19. The number of nitrogens with one attached hydrogen (secondary N) is 1. The summed E-state index contributed by atoms with van der Waals surface area (Å²) in [5, 5.41) is 3.31. The lowest BCUT2D eigenvalue weighted by Gasteiger charge is -2.09. The molecule has 0 saturated heterocycles. The molecule has 0 aliphatic heterocycles. The molecule has 0 radical (unpaired) electrons. The Labute approximate surface area is 125 Å². The molecule has 1 aromatic carbocycles. The maximum atomic E-state index is 5.74. The fourth-order valence-corrected chi connectivity index (χ4v) is 2.01. The summed E-state index contributed by atoms with van der Waals surface area (Å²) in [5.41, 5.74) is 1.24. The molecule has 1 aromatic heterocycles. The van der Waals surface area contributed by atoms with E-state index in [1.165, 1.54) is 5.56 Å². The standard InChI is InChI=1S/C16H23N3O2/c1-14-18-7-9-19(14)10-12-21-16-5-3-15(4-6-16)13-17-8-11-20-2/h3-7,9,17H,8,10-13H2,1-2H3. The molecule has 0 aliphatic rings. The van der Waals surface area contributed by atoms with Crippen molar-refractivity contribution in [3.8, 4) is 5.75 Å². The van der Waals surface area contributed by atoms with Gasteiger partial charge < -0.3 is 19.4 Å². The number of ether oxygens (including phenoxy) is 2. The Morgan fingerprint density at radius 1 is 1.19 bits per heavy atom. The van der Waals surface area contributed by atoms with Gasteiger partial charge in [-0.15, -0.1) is 0 Å². The highest BCUT2D eigenvalue weighted by molar-refractivity contribution is 5.27. The van der Waals surface area contributed by atoms with E-state index >= 15 is 0 Å². The third kappa shape index (κ3) is 5.21. The van der Waals surface area contributed by atoms with Crippen LogP contribution in [0.25, 0.3) is 0 Å². The van der Waals surface area contributed by atoms with Crippen molar-refractivity contribution >= 4 is 0 Å². The number of rotatable bonds is 9. The smallest absolute Gasteiger partial charge is 0.119 e. The molecule has 0 amide bonds. The topological polar surface area (TPSA) is 48.3 Å². The quantitative estimate of drug-likeness (QED) is 0.717. The van der Waals surface area contributed by atoms with Crippen molar-refractivity contribution in [2.45, 2.75) is 20.0 Å². The van der Waals surface area contributed by atoms with Gasteiger partial charge in [-0.1, -0.05) is 12.1 Å².